The quantitative estimate of drug-likeness (QED) is 0.761. The maximum Gasteiger partial charge on any atom is 0.162 e. The van der Waals surface area contributed by atoms with Crippen molar-refractivity contribution in [2.45, 2.75) is 6.42 Å². The van der Waals surface area contributed by atoms with E-state index < -0.39 is 0 Å². The number of fused-ring (bicyclic) bond motifs is 1. The Labute approximate surface area is 156 Å². The summed E-state index contributed by atoms with van der Waals surface area (Å²) in [5.41, 5.74) is 3.42. The smallest absolute Gasteiger partial charge is 0.162 e. The minimum atomic E-state index is 0.112. The van der Waals surface area contributed by atoms with E-state index in [1.54, 1.807) is 6.20 Å². The number of benzene rings is 1. The van der Waals surface area contributed by atoms with Crippen LogP contribution in [0.2, 0.25) is 5.02 Å². The molecule has 0 atom stereocenters. The number of hydrogen-bond donors (Lipinski definition) is 1. The molecule has 1 aliphatic rings. The van der Waals surface area contributed by atoms with Gasteiger partial charge in [-0.2, -0.15) is 0 Å². The van der Waals surface area contributed by atoms with Crippen LogP contribution >= 0.6 is 11.6 Å². The molecule has 4 rings (SSSR count). The topological polar surface area (TPSA) is 71.4 Å². The third kappa shape index (κ3) is 3.49. The fourth-order valence-electron chi connectivity index (χ4n) is 3.10. The van der Waals surface area contributed by atoms with Crippen molar-refractivity contribution < 1.29 is 9.84 Å². The number of aliphatic hydroxyl groups is 1. The van der Waals surface area contributed by atoms with Gasteiger partial charge in [-0.25, -0.2) is 15.0 Å². The number of rotatable bonds is 4. The van der Waals surface area contributed by atoms with E-state index in [4.69, 9.17) is 21.3 Å². The van der Waals surface area contributed by atoms with Gasteiger partial charge in [0.2, 0.25) is 0 Å². The van der Waals surface area contributed by atoms with E-state index in [2.05, 4.69) is 14.9 Å². The second kappa shape index (κ2) is 7.53. The van der Waals surface area contributed by atoms with Crippen molar-refractivity contribution in [3.8, 4) is 11.4 Å². The molecule has 3 aromatic rings. The molecule has 1 saturated heterocycles. The van der Waals surface area contributed by atoms with E-state index in [1.165, 1.54) is 0 Å². The highest BCUT2D eigenvalue weighted by Crippen LogP contribution is 2.28. The Morgan fingerprint density at radius 2 is 2.00 bits per heavy atom. The molecule has 1 fully saturated rings. The molecule has 0 bridgehead atoms. The van der Waals surface area contributed by atoms with Crippen LogP contribution in [-0.4, -0.2) is 53.0 Å². The van der Waals surface area contributed by atoms with Crippen LogP contribution in [0.25, 0.3) is 22.4 Å². The van der Waals surface area contributed by atoms with Crippen molar-refractivity contribution in [3.63, 3.8) is 0 Å². The van der Waals surface area contributed by atoms with Crippen LogP contribution in [0.4, 0.5) is 5.82 Å². The monoisotopic (exact) mass is 370 g/mol. The summed E-state index contributed by atoms with van der Waals surface area (Å²) in [4.78, 5) is 16.1. The van der Waals surface area contributed by atoms with Crippen molar-refractivity contribution in [3.05, 3.63) is 47.1 Å². The van der Waals surface area contributed by atoms with Crippen molar-refractivity contribution in [1.82, 2.24) is 15.0 Å². The number of morpholine rings is 1. The zero-order valence-corrected chi connectivity index (χ0v) is 15.0. The third-order valence-electron chi connectivity index (χ3n) is 4.38. The molecule has 6 nitrogen and oxygen atoms in total. The summed E-state index contributed by atoms with van der Waals surface area (Å²) in [6.45, 7) is 2.97. The summed E-state index contributed by atoms with van der Waals surface area (Å²) in [5, 5.41) is 9.74. The van der Waals surface area contributed by atoms with Crippen LogP contribution in [0.15, 0.2) is 36.5 Å². The molecule has 0 radical (unpaired) electrons. The lowest BCUT2D eigenvalue weighted by atomic mass is 10.1. The maximum atomic E-state index is 9.19. The van der Waals surface area contributed by atoms with Gasteiger partial charge in [0.05, 0.1) is 23.8 Å². The van der Waals surface area contributed by atoms with Gasteiger partial charge < -0.3 is 14.7 Å². The van der Waals surface area contributed by atoms with Crippen LogP contribution in [0, 0.1) is 0 Å². The Morgan fingerprint density at radius 3 is 2.81 bits per heavy atom. The largest absolute Gasteiger partial charge is 0.396 e. The molecular formula is C19H19ClN4O2. The van der Waals surface area contributed by atoms with Crippen LogP contribution in [0.3, 0.4) is 0 Å². The van der Waals surface area contributed by atoms with Crippen LogP contribution < -0.4 is 4.90 Å². The molecule has 1 N–H and O–H groups in total. The van der Waals surface area contributed by atoms with Crippen molar-refractivity contribution >= 4 is 28.5 Å². The molecule has 3 heterocycles. The van der Waals surface area contributed by atoms with Crippen LogP contribution in [0.1, 0.15) is 5.56 Å². The SMILES string of the molecule is OCCc1cccc(-c2nc(N3CCOCC3)c3ncc(Cl)cc3n2)c1. The molecule has 134 valence electrons. The Balaban J connectivity index is 1.85. The average Bonchev–Trinajstić information content (AvgIpc) is 2.68. The average molecular weight is 371 g/mol. The fourth-order valence-corrected chi connectivity index (χ4v) is 3.25. The molecule has 1 aliphatic heterocycles. The zero-order valence-electron chi connectivity index (χ0n) is 14.2. The van der Waals surface area contributed by atoms with E-state index >= 15 is 0 Å². The number of aromatic nitrogens is 3. The number of hydrogen-bond acceptors (Lipinski definition) is 6. The predicted molar refractivity (Wildman–Crippen MR) is 102 cm³/mol. The maximum absolute atomic E-state index is 9.19. The van der Waals surface area contributed by atoms with Crippen molar-refractivity contribution in [1.29, 1.82) is 0 Å². The van der Waals surface area contributed by atoms with Gasteiger partial charge in [-0.3, -0.25) is 0 Å². The van der Waals surface area contributed by atoms with Gasteiger partial charge in [0.1, 0.15) is 5.52 Å². The molecule has 0 aliphatic carbocycles. The Bertz CT molecular complexity index is 929. The lowest BCUT2D eigenvalue weighted by molar-refractivity contribution is 0.122. The van der Waals surface area contributed by atoms with Gasteiger partial charge in [-0.05, 0) is 24.1 Å². The fraction of sp³-hybridized carbons (Fsp3) is 0.316. The van der Waals surface area contributed by atoms with Crippen molar-refractivity contribution in [2.24, 2.45) is 0 Å². The molecule has 0 amide bonds. The Hall–Kier alpha value is -2.28. The van der Waals surface area contributed by atoms with Gasteiger partial charge in [0, 0.05) is 31.5 Å². The van der Waals surface area contributed by atoms with E-state index in [9.17, 15) is 5.11 Å². The third-order valence-corrected chi connectivity index (χ3v) is 4.59. The number of halogens is 1. The number of ether oxygens (including phenoxy) is 1. The lowest BCUT2D eigenvalue weighted by Gasteiger charge is -2.28. The van der Waals surface area contributed by atoms with Gasteiger partial charge in [0.15, 0.2) is 11.6 Å². The Kier molecular flexibility index (Phi) is 4.97. The summed E-state index contributed by atoms with van der Waals surface area (Å²) < 4.78 is 5.46. The summed E-state index contributed by atoms with van der Waals surface area (Å²) in [7, 11) is 0. The van der Waals surface area contributed by atoms with Crippen LogP contribution in [-0.2, 0) is 11.2 Å². The van der Waals surface area contributed by atoms with Crippen LogP contribution in [0.5, 0.6) is 0 Å². The van der Waals surface area contributed by atoms with E-state index in [-0.39, 0.29) is 6.61 Å². The summed E-state index contributed by atoms with van der Waals surface area (Å²) in [6.07, 6.45) is 2.23. The van der Waals surface area contributed by atoms with E-state index in [0.717, 1.165) is 41.1 Å². The van der Waals surface area contributed by atoms with Crippen molar-refractivity contribution in [2.75, 3.05) is 37.8 Å². The molecule has 2 aromatic heterocycles. The lowest BCUT2D eigenvalue weighted by Crippen LogP contribution is -2.37. The highest BCUT2D eigenvalue weighted by Gasteiger charge is 2.19. The highest BCUT2D eigenvalue weighted by molar-refractivity contribution is 6.31. The van der Waals surface area contributed by atoms with Gasteiger partial charge in [-0.1, -0.05) is 29.8 Å². The first-order valence-corrected chi connectivity index (χ1v) is 8.98. The summed E-state index contributed by atoms with van der Waals surface area (Å²) in [5.74, 6) is 1.43. The van der Waals surface area contributed by atoms with Gasteiger partial charge in [0.25, 0.3) is 0 Å². The molecule has 1 aromatic carbocycles. The second-order valence-electron chi connectivity index (χ2n) is 6.17. The number of pyridine rings is 1. The first kappa shape index (κ1) is 17.1. The van der Waals surface area contributed by atoms with Gasteiger partial charge in [-0.15, -0.1) is 0 Å². The first-order chi connectivity index (χ1) is 12.7. The Morgan fingerprint density at radius 1 is 1.15 bits per heavy atom. The summed E-state index contributed by atoms with van der Waals surface area (Å²) >= 11 is 6.14. The molecular weight excluding hydrogens is 352 g/mol. The number of anilines is 1. The molecule has 0 spiro atoms. The number of nitrogens with zero attached hydrogens (tertiary/aromatic N) is 4. The standard InChI is InChI=1S/C19H19ClN4O2/c20-15-11-16-17(21-12-15)19(24-5-8-26-9-6-24)23-18(22-16)14-3-1-2-13(10-14)4-7-25/h1-3,10-12,25H,4-9H2. The van der Waals surface area contributed by atoms with Gasteiger partial charge >= 0.3 is 0 Å². The molecule has 7 heteroatoms. The number of aliphatic hydroxyl groups excluding tert-OH is 1. The minimum absolute atomic E-state index is 0.112. The highest BCUT2D eigenvalue weighted by atomic mass is 35.5. The molecule has 0 saturated carbocycles. The molecule has 26 heavy (non-hydrogen) atoms. The first-order valence-electron chi connectivity index (χ1n) is 8.61. The second-order valence-corrected chi connectivity index (χ2v) is 6.60. The van der Waals surface area contributed by atoms with E-state index in [0.29, 0.717) is 30.5 Å². The summed E-state index contributed by atoms with van der Waals surface area (Å²) in [6, 6.07) is 9.75. The predicted octanol–water partition coefficient (Wildman–Crippen LogP) is 2.72. The minimum Gasteiger partial charge on any atom is -0.396 e. The normalized spacial score (nSPS) is 14.8. The zero-order chi connectivity index (χ0) is 17.9. The van der Waals surface area contributed by atoms with E-state index in [1.807, 2.05) is 30.3 Å². The molecule has 0 unspecified atom stereocenters.